The molecule has 1 aromatic heterocycles. The number of hydrogen-bond acceptors (Lipinski definition) is 4. The van der Waals surface area contributed by atoms with Gasteiger partial charge in [-0.1, -0.05) is 0 Å². The highest BCUT2D eigenvalue weighted by atomic mass is 19.1. The van der Waals surface area contributed by atoms with Crippen LogP contribution in [0.4, 0.5) is 20.4 Å². The molecule has 18 heavy (non-hydrogen) atoms. The van der Waals surface area contributed by atoms with Gasteiger partial charge in [0.25, 0.3) is 0 Å². The normalized spacial score (nSPS) is 16.4. The maximum atomic E-state index is 13.5. The number of rotatable bonds is 6. The van der Waals surface area contributed by atoms with Crippen molar-refractivity contribution in [3.63, 3.8) is 0 Å². The Morgan fingerprint density at radius 2 is 2.00 bits per heavy atom. The molecule has 0 bridgehead atoms. The summed E-state index contributed by atoms with van der Waals surface area (Å²) < 4.78 is 26.7. The average Bonchev–Trinajstić information content (AvgIpc) is 3.09. The third kappa shape index (κ3) is 2.69. The molecule has 1 heterocycles. The molecule has 1 aromatic rings. The van der Waals surface area contributed by atoms with E-state index in [9.17, 15) is 8.78 Å². The van der Waals surface area contributed by atoms with E-state index in [1.165, 1.54) is 7.05 Å². The number of aromatic nitrogens is 1. The molecule has 0 radical (unpaired) electrons. The van der Waals surface area contributed by atoms with E-state index in [2.05, 4.69) is 15.6 Å². The maximum absolute atomic E-state index is 13.5. The van der Waals surface area contributed by atoms with E-state index < -0.39 is 11.6 Å². The molecule has 0 unspecified atom stereocenters. The minimum atomic E-state index is -0.711. The van der Waals surface area contributed by atoms with E-state index in [0.717, 1.165) is 18.9 Å². The Balaban J connectivity index is 2.05. The molecule has 1 fully saturated rings. The minimum Gasteiger partial charge on any atom is -0.396 e. The number of aliphatic hydroxyl groups is 1. The van der Waals surface area contributed by atoms with Crippen molar-refractivity contribution in [3.8, 4) is 0 Å². The van der Waals surface area contributed by atoms with Crippen LogP contribution in [0.3, 0.4) is 0 Å². The smallest absolute Gasteiger partial charge is 0.168 e. The third-order valence-electron chi connectivity index (χ3n) is 3.40. The molecular formula is C12H17F2N3O. The van der Waals surface area contributed by atoms with Crippen LogP contribution >= 0.6 is 0 Å². The lowest BCUT2D eigenvalue weighted by Gasteiger charge is -2.16. The van der Waals surface area contributed by atoms with Gasteiger partial charge >= 0.3 is 0 Å². The summed E-state index contributed by atoms with van der Waals surface area (Å²) in [6.45, 7) is 0.676. The number of aliphatic hydroxyl groups excluding tert-OH is 1. The van der Waals surface area contributed by atoms with Gasteiger partial charge < -0.3 is 15.7 Å². The third-order valence-corrected chi connectivity index (χ3v) is 3.40. The van der Waals surface area contributed by atoms with Crippen LogP contribution in [0.5, 0.6) is 0 Å². The standard InChI is InChI=1S/C12H17F2N3O/c1-15-10-8(13)6-9(14)11(17-10)16-7-12(2-3-12)4-5-18/h6,18H,2-5,7H2,1H3,(H2,15,16,17). The first-order valence-electron chi connectivity index (χ1n) is 5.99. The van der Waals surface area contributed by atoms with Crippen molar-refractivity contribution in [3.05, 3.63) is 17.7 Å². The first-order chi connectivity index (χ1) is 8.60. The van der Waals surface area contributed by atoms with Gasteiger partial charge in [-0.05, 0) is 24.7 Å². The zero-order valence-electron chi connectivity index (χ0n) is 10.3. The SMILES string of the molecule is CNc1nc(NCC2(CCO)CC2)c(F)cc1F. The van der Waals surface area contributed by atoms with E-state index in [1.807, 2.05) is 0 Å². The summed E-state index contributed by atoms with van der Waals surface area (Å²) >= 11 is 0. The molecule has 0 amide bonds. The Hall–Kier alpha value is -1.43. The second kappa shape index (κ2) is 5.06. The van der Waals surface area contributed by atoms with Crippen LogP contribution in [0, 0.1) is 17.0 Å². The van der Waals surface area contributed by atoms with Gasteiger partial charge in [-0.3, -0.25) is 0 Å². The molecule has 0 spiro atoms. The topological polar surface area (TPSA) is 57.2 Å². The Morgan fingerprint density at radius 1 is 1.33 bits per heavy atom. The highest BCUT2D eigenvalue weighted by molar-refractivity contribution is 5.47. The van der Waals surface area contributed by atoms with Crippen LogP contribution in [0.15, 0.2) is 6.07 Å². The summed E-state index contributed by atoms with van der Waals surface area (Å²) in [5, 5.41) is 14.4. The van der Waals surface area contributed by atoms with Crippen molar-refractivity contribution >= 4 is 11.6 Å². The molecule has 6 heteroatoms. The zero-order valence-corrected chi connectivity index (χ0v) is 10.3. The molecule has 0 aliphatic heterocycles. The van der Waals surface area contributed by atoms with Crippen molar-refractivity contribution in [2.24, 2.45) is 5.41 Å². The van der Waals surface area contributed by atoms with Crippen molar-refractivity contribution < 1.29 is 13.9 Å². The Kier molecular flexibility index (Phi) is 3.65. The lowest BCUT2D eigenvalue weighted by molar-refractivity contribution is 0.253. The van der Waals surface area contributed by atoms with Gasteiger partial charge in [-0.25, -0.2) is 13.8 Å². The number of halogens is 2. The van der Waals surface area contributed by atoms with Crippen molar-refractivity contribution in [2.75, 3.05) is 30.8 Å². The van der Waals surface area contributed by atoms with Gasteiger partial charge in [0.1, 0.15) is 0 Å². The van der Waals surface area contributed by atoms with E-state index >= 15 is 0 Å². The van der Waals surface area contributed by atoms with Crippen molar-refractivity contribution in [1.82, 2.24) is 4.98 Å². The number of hydrogen-bond donors (Lipinski definition) is 3. The summed E-state index contributed by atoms with van der Waals surface area (Å²) in [6, 6.07) is 0.812. The second-order valence-electron chi connectivity index (χ2n) is 4.73. The molecule has 0 aromatic carbocycles. The van der Waals surface area contributed by atoms with Crippen molar-refractivity contribution in [1.29, 1.82) is 0 Å². The van der Waals surface area contributed by atoms with Gasteiger partial charge in [0, 0.05) is 26.3 Å². The first-order valence-corrected chi connectivity index (χ1v) is 5.99. The van der Waals surface area contributed by atoms with Crippen LogP contribution in [-0.2, 0) is 0 Å². The molecule has 3 N–H and O–H groups in total. The first kappa shape index (κ1) is 13.0. The summed E-state index contributed by atoms with van der Waals surface area (Å²) in [4.78, 5) is 3.85. The summed E-state index contributed by atoms with van der Waals surface area (Å²) in [5.74, 6) is -1.35. The van der Waals surface area contributed by atoms with Crippen LogP contribution < -0.4 is 10.6 Å². The van der Waals surface area contributed by atoms with Gasteiger partial charge in [-0.15, -0.1) is 0 Å². The molecule has 1 aliphatic carbocycles. The molecule has 100 valence electrons. The van der Waals surface area contributed by atoms with E-state index in [4.69, 9.17) is 5.11 Å². The molecule has 2 rings (SSSR count). The number of nitrogens with one attached hydrogen (secondary N) is 2. The van der Waals surface area contributed by atoms with Crippen LogP contribution in [0.2, 0.25) is 0 Å². The van der Waals surface area contributed by atoms with Gasteiger partial charge in [0.15, 0.2) is 23.3 Å². The van der Waals surface area contributed by atoms with Crippen molar-refractivity contribution in [2.45, 2.75) is 19.3 Å². The number of nitrogens with zero attached hydrogens (tertiary/aromatic N) is 1. The fraction of sp³-hybridized carbons (Fsp3) is 0.583. The second-order valence-corrected chi connectivity index (χ2v) is 4.73. The van der Waals surface area contributed by atoms with E-state index in [-0.39, 0.29) is 23.7 Å². The highest BCUT2D eigenvalue weighted by Crippen LogP contribution is 2.48. The Bertz CT molecular complexity index is 436. The van der Waals surface area contributed by atoms with E-state index in [0.29, 0.717) is 13.0 Å². The van der Waals surface area contributed by atoms with Gasteiger partial charge in [-0.2, -0.15) is 0 Å². The predicted molar refractivity (Wildman–Crippen MR) is 65.6 cm³/mol. The Labute approximate surface area is 104 Å². The number of pyridine rings is 1. The molecule has 0 saturated heterocycles. The molecule has 1 aliphatic rings. The fourth-order valence-electron chi connectivity index (χ4n) is 1.97. The molecule has 0 atom stereocenters. The van der Waals surface area contributed by atoms with Gasteiger partial charge in [0.05, 0.1) is 0 Å². The van der Waals surface area contributed by atoms with Gasteiger partial charge in [0.2, 0.25) is 0 Å². The summed E-state index contributed by atoms with van der Waals surface area (Å²) in [6.07, 6.45) is 2.73. The summed E-state index contributed by atoms with van der Waals surface area (Å²) in [5.41, 5.74) is 0.0526. The predicted octanol–water partition coefficient (Wildman–Crippen LogP) is 1.98. The monoisotopic (exact) mass is 257 g/mol. The quantitative estimate of drug-likeness (QED) is 0.729. The fourth-order valence-corrected chi connectivity index (χ4v) is 1.97. The average molecular weight is 257 g/mol. The zero-order chi connectivity index (χ0) is 13.2. The molecule has 4 nitrogen and oxygen atoms in total. The minimum absolute atomic E-state index is 0.0194. The number of anilines is 2. The summed E-state index contributed by atoms with van der Waals surface area (Å²) in [7, 11) is 1.53. The Morgan fingerprint density at radius 3 is 2.56 bits per heavy atom. The lowest BCUT2D eigenvalue weighted by atomic mass is 10.0. The van der Waals surface area contributed by atoms with Crippen LogP contribution in [-0.4, -0.2) is 30.3 Å². The highest BCUT2D eigenvalue weighted by Gasteiger charge is 2.41. The molecule has 1 saturated carbocycles. The molecular weight excluding hydrogens is 240 g/mol. The largest absolute Gasteiger partial charge is 0.396 e. The van der Waals surface area contributed by atoms with E-state index in [1.54, 1.807) is 0 Å². The lowest BCUT2D eigenvalue weighted by Crippen LogP contribution is -2.18. The van der Waals surface area contributed by atoms with Crippen LogP contribution in [0.25, 0.3) is 0 Å². The maximum Gasteiger partial charge on any atom is 0.168 e. The van der Waals surface area contributed by atoms with Crippen LogP contribution in [0.1, 0.15) is 19.3 Å².